The Hall–Kier alpha value is -2.31. The van der Waals surface area contributed by atoms with Gasteiger partial charge >= 0.3 is 5.97 Å². The minimum atomic E-state index is -0.472. The molecule has 0 atom stereocenters. The van der Waals surface area contributed by atoms with Gasteiger partial charge in [-0.1, -0.05) is 23.7 Å². The molecule has 5 aliphatic rings. The maximum absolute atomic E-state index is 14.4. The van der Waals surface area contributed by atoms with Crippen LogP contribution in [0.4, 0.5) is 5.69 Å². The molecule has 2 aromatic rings. The summed E-state index contributed by atoms with van der Waals surface area (Å²) in [5.74, 6) is 1.52. The van der Waals surface area contributed by atoms with Crippen LogP contribution in [0.2, 0.25) is 5.02 Å². The normalized spacial score (nSPS) is 29.9. The average molecular weight is 483 g/mol. The standard InChI is InChI=1S/C27H31ClN2O4/c1-33-25(31)24-23(29-6-8-34-9-7-29)22(20-2-4-21(28)5-3-20)16-30(24)26(32)27-13-17-10-18(14-27)12-19(11-17)15-27/h2-5,16-19H,6-15H2,1H3. The lowest BCUT2D eigenvalue weighted by molar-refractivity contribution is -0.0402. The number of rotatable bonds is 4. The van der Waals surface area contributed by atoms with E-state index in [1.807, 2.05) is 30.5 Å². The quantitative estimate of drug-likeness (QED) is 0.554. The second kappa shape index (κ2) is 8.42. The van der Waals surface area contributed by atoms with E-state index >= 15 is 0 Å². The SMILES string of the molecule is COC(=O)c1c(N2CCOCC2)c(-c2ccc(Cl)cc2)cn1C(=O)C12CC3CC(CC(C3)C1)C2. The van der Waals surface area contributed by atoms with Crippen molar-refractivity contribution in [2.75, 3.05) is 38.3 Å². The molecule has 34 heavy (non-hydrogen) atoms. The van der Waals surface area contributed by atoms with Gasteiger partial charge in [-0.25, -0.2) is 4.79 Å². The zero-order chi connectivity index (χ0) is 23.4. The first-order valence-electron chi connectivity index (χ1n) is 12.4. The van der Waals surface area contributed by atoms with Gasteiger partial charge in [0, 0.05) is 29.9 Å². The number of hydrogen-bond acceptors (Lipinski definition) is 5. The molecule has 0 amide bonds. The predicted octanol–water partition coefficient (Wildman–Crippen LogP) is 5.29. The fourth-order valence-electron chi connectivity index (χ4n) is 7.52. The van der Waals surface area contributed by atoms with Gasteiger partial charge in [0.05, 0.1) is 31.4 Å². The fourth-order valence-corrected chi connectivity index (χ4v) is 7.65. The minimum Gasteiger partial charge on any atom is -0.464 e. The lowest BCUT2D eigenvalue weighted by Gasteiger charge is -2.55. The maximum Gasteiger partial charge on any atom is 0.357 e. The van der Waals surface area contributed by atoms with Crippen molar-refractivity contribution in [3.8, 4) is 11.1 Å². The van der Waals surface area contributed by atoms with E-state index in [0.29, 0.717) is 54.8 Å². The highest BCUT2D eigenvalue weighted by molar-refractivity contribution is 6.30. The molecule has 0 unspecified atom stereocenters. The summed E-state index contributed by atoms with van der Waals surface area (Å²) < 4.78 is 12.5. The first-order valence-corrected chi connectivity index (χ1v) is 12.8. The van der Waals surface area contributed by atoms with Crippen LogP contribution >= 0.6 is 11.6 Å². The number of methoxy groups -OCH3 is 1. The Kier molecular flexibility index (Phi) is 5.49. The van der Waals surface area contributed by atoms with Crippen LogP contribution in [0, 0.1) is 23.2 Å². The van der Waals surface area contributed by atoms with Gasteiger partial charge in [0.15, 0.2) is 5.69 Å². The zero-order valence-corrected chi connectivity index (χ0v) is 20.4. The number of carbonyl (C=O) groups excluding carboxylic acids is 2. The lowest BCUT2D eigenvalue weighted by Crippen LogP contribution is -2.51. The van der Waals surface area contributed by atoms with Crippen molar-refractivity contribution in [1.82, 2.24) is 4.57 Å². The highest BCUT2D eigenvalue weighted by Gasteiger charge is 2.55. The van der Waals surface area contributed by atoms with Crippen molar-refractivity contribution in [1.29, 1.82) is 0 Å². The topological polar surface area (TPSA) is 60.8 Å². The number of benzene rings is 1. The molecule has 4 aliphatic carbocycles. The van der Waals surface area contributed by atoms with E-state index in [1.54, 1.807) is 4.57 Å². The summed E-state index contributed by atoms with van der Waals surface area (Å²) in [5.41, 5.74) is 2.52. The number of nitrogens with zero attached hydrogens (tertiary/aromatic N) is 2. The fraction of sp³-hybridized carbons (Fsp3) is 0.556. The smallest absolute Gasteiger partial charge is 0.357 e. The molecule has 2 heterocycles. The third-order valence-corrected chi connectivity index (χ3v) is 8.80. The monoisotopic (exact) mass is 482 g/mol. The Morgan fingerprint density at radius 3 is 2.15 bits per heavy atom. The number of aromatic nitrogens is 1. The van der Waals surface area contributed by atoms with Crippen LogP contribution in [-0.2, 0) is 9.47 Å². The third-order valence-electron chi connectivity index (χ3n) is 8.55. The largest absolute Gasteiger partial charge is 0.464 e. The van der Waals surface area contributed by atoms with Crippen molar-refractivity contribution in [3.05, 3.63) is 41.2 Å². The van der Waals surface area contributed by atoms with Gasteiger partial charge < -0.3 is 14.4 Å². The summed E-state index contributed by atoms with van der Waals surface area (Å²) in [6.45, 7) is 2.46. The van der Waals surface area contributed by atoms with E-state index in [4.69, 9.17) is 21.1 Å². The van der Waals surface area contributed by atoms with E-state index in [1.165, 1.54) is 26.4 Å². The van der Waals surface area contributed by atoms with Crippen molar-refractivity contribution >= 4 is 29.2 Å². The van der Waals surface area contributed by atoms with Crippen LogP contribution in [0.3, 0.4) is 0 Å². The zero-order valence-electron chi connectivity index (χ0n) is 19.6. The summed E-state index contributed by atoms with van der Waals surface area (Å²) in [7, 11) is 1.39. The number of halogens is 1. The van der Waals surface area contributed by atoms with Gasteiger partial charge in [0.25, 0.3) is 0 Å². The molecular formula is C27H31ClN2O4. The molecule has 0 radical (unpaired) electrons. The average Bonchev–Trinajstić information content (AvgIpc) is 3.23. The maximum atomic E-state index is 14.4. The molecule has 0 N–H and O–H groups in total. The summed E-state index contributed by atoms with van der Waals surface area (Å²) in [4.78, 5) is 29.8. The van der Waals surface area contributed by atoms with E-state index < -0.39 is 5.97 Å². The van der Waals surface area contributed by atoms with E-state index in [-0.39, 0.29) is 11.3 Å². The molecule has 7 heteroatoms. The lowest BCUT2D eigenvalue weighted by atomic mass is 9.49. The van der Waals surface area contributed by atoms with Gasteiger partial charge in [-0.15, -0.1) is 0 Å². The summed E-state index contributed by atoms with van der Waals surface area (Å²) >= 11 is 6.16. The van der Waals surface area contributed by atoms with E-state index in [2.05, 4.69) is 4.90 Å². The van der Waals surface area contributed by atoms with Crippen LogP contribution in [0.1, 0.15) is 53.8 Å². The van der Waals surface area contributed by atoms with Gasteiger partial charge in [0.1, 0.15) is 0 Å². The molecule has 1 aromatic carbocycles. The van der Waals surface area contributed by atoms with Crippen LogP contribution < -0.4 is 4.90 Å². The highest BCUT2D eigenvalue weighted by atomic mass is 35.5. The second-order valence-corrected chi connectivity index (χ2v) is 11.1. The molecular weight excluding hydrogens is 452 g/mol. The van der Waals surface area contributed by atoms with E-state index in [9.17, 15) is 9.59 Å². The Bertz CT molecular complexity index is 1080. The Labute approximate surface area is 205 Å². The second-order valence-electron chi connectivity index (χ2n) is 10.7. The molecule has 6 nitrogen and oxygen atoms in total. The summed E-state index contributed by atoms with van der Waals surface area (Å²) in [6, 6.07) is 7.58. The van der Waals surface area contributed by atoms with Crippen LogP contribution in [0.5, 0.6) is 0 Å². The number of hydrogen-bond donors (Lipinski definition) is 0. The van der Waals surface area contributed by atoms with E-state index in [0.717, 1.165) is 36.1 Å². The number of ether oxygens (including phenoxy) is 2. The molecule has 1 saturated heterocycles. The Morgan fingerprint density at radius 1 is 1.00 bits per heavy atom. The third kappa shape index (κ3) is 3.57. The van der Waals surface area contributed by atoms with Crippen LogP contribution in [0.15, 0.2) is 30.5 Å². The number of esters is 1. The molecule has 1 aliphatic heterocycles. The molecule has 180 valence electrons. The van der Waals surface area contributed by atoms with Gasteiger partial charge in [-0.3, -0.25) is 9.36 Å². The molecule has 4 bridgehead atoms. The molecule has 7 rings (SSSR count). The molecule has 0 spiro atoms. The van der Waals surface area contributed by atoms with Crippen LogP contribution in [-0.4, -0.2) is 49.9 Å². The number of morpholine rings is 1. The van der Waals surface area contributed by atoms with Crippen molar-refractivity contribution in [3.63, 3.8) is 0 Å². The predicted molar refractivity (Wildman–Crippen MR) is 130 cm³/mol. The first-order chi connectivity index (χ1) is 16.5. The van der Waals surface area contributed by atoms with Crippen molar-refractivity contribution in [2.45, 2.75) is 38.5 Å². The van der Waals surface area contributed by atoms with Gasteiger partial charge in [-0.2, -0.15) is 0 Å². The summed E-state index contributed by atoms with van der Waals surface area (Å²) in [5, 5.41) is 0.647. The molecule has 1 aromatic heterocycles. The summed E-state index contributed by atoms with van der Waals surface area (Å²) in [6.07, 6.45) is 8.49. The number of carbonyl (C=O) groups is 2. The first kappa shape index (κ1) is 22.2. The Morgan fingerprint density at radius 2 is 1.59 bits per heavy atom. The molecule has 4 saturated carbocycles. The minimum absolute atomic E-state index is 0.0710. The highest BCUT2D eigenvalue weighted by Crippen LogP contribution is 2.60. The van der Waals surface area contributed by atoms with Crippen molar-refractivity contribution < 1.29 is 19.1 Å². The van der Waals surface area contributed by atoms with Gasteiger partial charge in [0.2, 0.25) is 5.91 Å². The van der Waals surface area contributed by atoms with Crippen LogP contribution in [0.25, 0.3) is 11.1 Å². The number of anilines is 1. The Balaban J connectivity index is 1.51. The van der Waals surface area contributed by atoms with Gasteiger partial charge in [-0.05, 0) is 74.0 Å². The van der Waals surface area contributed by atoms with Crippen molar-refractivity contribution in [2.24, 2.45) is 23.2 Å². The molecule has 5 fully saturated rings.